The Bertz CT molecular complexity index is 1300. The third-order valence-corrected chi connectivity index (χ3v) is 6.82. The van der Waals surface area contributed by atoms with Gasteiger partial charge in [0.05, 0.1) is 29.6 Å². The highest BCUT2D eigenvalue weighted by Gasteiger charge is 2.33. The predicted octanol–water partition coefficient (Wildman–Crippen LogP) is 3.91. The summed E-state index contributed by atoms with van der Waals surface area (Å²) in [7, 11) is 0. The molecule has 3 N–H and O–H groups in total. The van der Waals surface area contributed by atoms with Crippen LogP contribution < -0.4 is 0 Å². The van der Waals surface area contributed by atoms with Crippen molar-refractivity contribution in [3.8, 4) is 0 Å². The summed E-state index contributed by atoms with van der Waals surface area (Å²) in [6, 6.07) is 5.11. The number of para-hydroxylation sites is 1. The highest BCUT2D eigenvalue weighted by Crippen LogP contribution is 2.35. The molecular weight excluding hydrogens is 467 g/mol. The standard InChI is InChI=1S/C22H25FN4O.C4H4O4/c1-14-18(25-13-24-14)12-26-10-9-19-20(22(26)28)16-7-4-8-17(23)21(16)27(19)11-15-5-2-3-6-15;5-3(6)1-2-4(7)8/h4,7-8,13,15H,2-3,5-6,9-12H2,1H3,(H,24,25);1-2H,(H,5,6)(H,7,8)/b;2-1-. The zero-order valence-corrected chi connectivity index (χ0v) is 20.0. The summed E-state index contributed by atoms with van der Waals surface area (Å²) in [4.78, 5) is 41.7. The number of carboxylic acids is 2. The fourth-order valence-corrected chi connectivity index (χ4v) is 5.09. The number of nitrogens with zero attached hydrogens (tertiary/aromatic N) is 3. The molecule has 3 heterocycles. The number of aryl methyl sites for hydroxylation is 1. The molecule has 1 aliphatic carbocycles. The molecule has 0 radical (unpaired) electrons. The number of H-pyrrole nitrogens is 1. The smallest absolute Gasteiger partial charge is 0.328 e. The molecule has 2 aromatic heterocycles. The van der Waals surface area contributed by atoms with Crippen molar-refractivity contribution >= 4 is 28.7 Å². The van der Waals surface area contributed by atoms with Gasteiger partial charge in [-0.1, -0.05) is 25.0 Å². The molecule has 0 bridgehead atoms. The Morgan fingerprint density at radius 3 is 2.50 bits per heavy atom. The van der Waals surface area contributed by atoms with Gasteiger partial charge in [-0.05, 0) is 31.7 Å². The number of benzene rings is 1. The van der Waals surface area contributed by atoms with Gasteiger partial charge in [0.2, 0.25) is 0 Å². The Morgan fingerprint density at radius 2 is 1.89 bits per heavy atom. The van der Waals surface area contributed by atoms with Gasteiger partial charge in [-0.15, -0.1) is 0 Å². The molecule has 2 aliphatic rings. The van der Waals surface area contributed by atoms with Crippen LogP contribution in [0.1, 0.15) is 53.1 Å². The minimum atomic E-state index is -1.26. The average Bonchev–Trinajstić information content (AvgIpc) is 3.56. The lowest BCUT2D eigenvalue weighted by atomic mass is 10.0. The summed E-state index contributed by atoms with van der Waals surface area (Å²) >= 11 is 0. The van der Waals surface area contributed by atoms with Crippen LogP contribution in [0.25, 0.3) is 10.9 Å². The van der Waals surface area contributed by atoms with Crippen LogP contribution in [-0.4, -0.2) is 54.0 Å². The Kier molecular flexibility index (Phi) is 7.52. The van der Waals surface area contributed by atoms with Gasteiger partial charge in [0.15, 0.2) is 0 Å². The maximum atomic E-state index is 14.8. The maximum absolute atomic E-state index is 14.8. The molecule has 10 heteroatoms. The molecule has 1 amide bonds. The average molecular weight is 497 g/mol. The van der Waals surface area contributed by atoms with Crippen LogP contribution in [0.5, 0.6) is 0 Å². The number of carbonyl (C=O) groups excluding carboxylic acids is 1. The zero-order valence-electron chi connectivity index (χ0n) is 20.0. The van der Waals surface area contributed by atoms with Crippen LogP contribution in [0.2, 0.25) is 0 Å². The lowest BCUT2D eigenvalue weighted by Crippen LogP contribution is -2.37. The summed E-state index contributed by atoms with van der Waals surface area (Å²) in [6.07, 6.45) is 8.43. The van der Waals surface area contributed by atoms with Gasteiger partial charge >= 0.3 is 11.9 Å². The third-order valence-electron chi connectivity index (χ3n) is 6.82. The number of rotatable bonds is 6. The first-order valence-electron chi connectivity index (χ1n) is 12.0. The molecule has 9 nitrogen and oxygen atoms in total. The number of aromatic amines is 1. The number of amides is 1. The first-order valence-corrected chi connectivity index (χ1v) is 12.0. The summed E-state index contributed by atoms with van der Waals surface area (Å²) in [5.74, 6) is -2.17. The van der Waals surface area contributed by atoms with Gasteiger partial charge in [0.25, 0.3) is 5.91 Å². The molecule has 1 aromatic carbocycles. The second kappa shape index (κ2) is 10.8. The Labute approximate surface area is 207 Å². The van der Waals surface area contributed by atoms with Crippen molar-refractivity contribution < 1.29 is 29.0 Å². The second-order valence-corrected chi connectivity index (χ2v) is 9.18. The van der Waals surface area contributed by atoms with E-state index in [9.17, 15) is 18.8 Å². The summed E-state index contributed by atoms with van der Waals surface area (Å²) in [5.41, 5.74) is 4.16. The number of halogens is 1. The first-order chi connectivity index (χ1) is 17.3. The number of imidazole rings is 1. The molecule has 36 heavy (non-hydrogen) atoms. The van der Waals surface area contributed by atoms with E-state index in [4.69, 9.17) is 10.2 Å². The van der Waals surface area contributed by atoms with E-state index in [-0.39, 0.29) is 11.7 Å². The van der Waals surface area contributed by atoms with Gasteiger partial charge in [0.1, 0.15) is 5.82 Å². The van der Waals surface area contributed by atoms with Crippen LogP contribution >= 0.6 is 0 Å². The molecule has 0 unspecified atom stereocenters. The molecular formula is C26H29FN4O5. The fraction of sp³-hybridized carbons (Fsp3) is 0.385. The van der Waals surface area contributed by atoms with Crippen molar-refractivity contribution in [2.24, 2.45) is 5.92 Å². The van der Waals surface area contributed by atoms with Crippen LogP contribution in [0.4, 0.5) is 4.39 Å². The van der Waals surface area contributed by atoms with Crippen LogP contribution in [0.3, 0.4) is 0 Å². The number of hydrogen-bond acceptors (Lipinski definition) is 4. The van der Waals surface area contributed by atoms with E-state index in [2.05, 4.69) is 14.5 Å². The normalized spacial score (nSPS) is 15.8. The second-order valence-electron chi connectivity index (χ2n) is 9.18. The lowest BCUT2D eigenvalue weighted by Gasteiger charge is -2.28. The van der Waals surface area contributed by atoms with E-state index in [1.807, 2.05) is 17.9 Å². The topological polar surface area (TPSA) is 129 Å². The van der Waals surface area contributed by atoms with Gasteiger partial charge in [0, 0.05) is 48.4 Å². The molecule has 3 aromatic rings. The maximum Gasteiger partial charge on any atom is 0.328 e. The fourth-order valence-electron chi connectivity index (χ4n) is 5.09. The number of hydrogen-bond donors (Lipinski definition) is 3. The Morgan fingerprint density at radius 1 is 1.19 bits per heavy atom. The Hall–Kier alpha value is -3.95. The van der Waals surface area contributed by atoms with E-state index in [0.717, 1.165) is 35.4 Å². The molecule has 190 valence electrons. The van der Waals surface area contributed by atoms with Crippen molar-refractivity contribution in [2.45, 2.75) is 52.1 Å². The molecule has 1 saturated carbocycles. The molecule has 0 saturated heterocycles. The SMILES string of the molecule is Cc1[nH]cnc1CN1CCc2c(c3cccc(F)c3n2CC2CCCC2)C1=O.O=C(O)/C=C\C(=O)O. The van der Waals surface area contributed by atoms with Crippen LogP contribution in [0.15, 0.2) is 36.7 Å². The van der Waals surface area contributed by atoms with Gasteiger partial charge in [-0.2, -0.15) is 0 Å². The molecule has 5 rings (SSSR count). The van der Waals surface area contributed by atoms with E-state index in [1.165, 1.54) is 31.7 Å². The van der Waals surface area contributed by atoms with E-state index >= 15 is 0 Å². The first kappa shape index (κ1) is 25.2. The summed E-state index contributed by atoms with van der Waals surface area (Å²) in [6.45, 7) is 3.91. The number of nitrogens with one attached hydrogen (secondary N) is 1. The van der Waals surface area contributed by atoms with Gasteiger partial charge in [-0.3, -0.25) is 4.79 Å². The predicted molar refractivity (Wildman–Crippen MR) is 130 cm³/mol. The number of aromatic nitrogens is 3. The molecule has 1 fully saturated rings. The largest absolute Gasteiger partial charge is 0.478 e. The van der Waals surface area contributed by atoms with E-state index in [0.29, 0.717) is 42.2 Å². The van der Waals surface area contributed by atoms with Crippen molar-refractivity contribution in [3.05, 3.63) is 65.1 Å². The number of fused-ring (bicyclic) bond motifs is 3. The highest BCUT2D eigenvalue weighted by atomic mass is 19.1. The van der Waals surface area contributed by atoms with Crippen molar-refractivity contribution in [1.29, 1.82) is 0 Å². The van der Waals surface area contributed by atoms with Crippen LogP contribution in [0, 0.1) is 18.7 Å². The third kappa shape index (κ3) is 5.32. The number of carbonyl (C=O) groups is 3. The highest BCUT2D eigenvalue weighted by molar-refractivity contribution is 6.09. The van der Waals surface area contributed by atoms with Gasteiger partial charge < -0.3 is 24.7 Å². The number of carboxylic acid groups (broad SMARTS) is 2. The Balaban J connectivity index is 0.000000331. The quantitative estimate of drug-likeness (QED) is 0.444. The molecule has 0 atom stereocenters. The number of aliphatic carboxylic acids is 2. The van der Waals surface area contributed by atoms with Crippen LogP contribution in [-0.2, 0) is 29.1 Å². The minimum Gasteiger partial charge on any atom is -0.478 e. The van der Waals surface area contributed by atoms with E-state index < -0.39 is 11.9 Å². The summed E-state index contributed by atoms with van der Waals surface area (Å²) < 4.78 is 16.9. The van der Waals surface area contributed by atoms with Gasteiger partial charge in [-0.25, -0.2) is 19.0 Å². The van der Waals surface area contributed by atoms with Crippen molar-refractivity contribution in [1.82, 2.24) is 19.4 Å². The zero-order chi connectivity index (χ0) is 25.8. The monoisotopic (exact) mass is 496 g/mol. The summed E-state index contributed by atoms with van der Waals surface area (Å²) in [5, 5.41) is 16.4. The molecule has 1 aliphatic heterocycles. The minimum absolute atomic E-state index is 0.00979. The van der Waals surface area contributed by atoms with E-state index in [1.54, 1.807) is 12.4 Å². The van der Waals surface area contributed by atoms with Crippen molar-refractivity contribution in [2.75, 3.05) is 6.54 Å². The molecule has 0 spiro atoms. The lowest BCUT2D eigenvalue weighted by molar-refractivity contribution is -0.134. The van der Waals surface area contributed by atoms with Crippen molar-refractivity contribution in [3.63, 3.8) is 0 Å².